The highest BCUT2D eigenvalue weighted by atomic mass is 79.9. The number of hydrogen-bond acceptors (Lipinski definition) is 3. The Kier molecular flexibility index (Phi) is 4.31. The summed E-state index contributed by atoms with van der Waals surface area (Å²) in [4.78, 5) is 0.312. The summed E-state index contributed by atoms with van der Waals surface area (Å²) in [6, 6.07) is 5.04. The van der Waals surface area contributed by atoms with Crippen LogP contribution in [-0.4, -0.2) is 25.9 Å². The molecule has 1 rings (SSSR count). The van der Waals surface area contributed by atoms with E-state index in [2.05, 4.69) is 15.9 Å². The Hall–Kier alpha value is -0.390. The fourth-order valence-corrected chi connectivity index (χ4v) is 3.35. The molecule has 0 aliphatic rings. The van der Waals surface area contributed by atoms with Crippen LogP contribution in [0.1, 0.15) is 12.5 Å². The maximum atomic E-state index is 11.6. The van der Waals surface area contributed by atoms with Crippen LogP contribution in [0, 0.1) is 0 Å². The highest BCUT2D eigenvalue weighted by Gasteiger charge is 2.15. The summed E-state index contributed by atoms with van der Waals surface area (Å²) >= 11 is 3.23. The molecule has 0 aromatic heterocycles. The van der Waals surface area contributed by atoms with E-state index in [1.54, 1.807) is 25.1 Å². The lowest BCUT2D eigenvalue weighted by Gasteiger charge is -2.06. The number of sulfone groups is 1. The van der Waals surface area contributed by atoms with Crippen molar-refractivity contribution in [3.63, 3.8) is 0 Å². The number of benzene rings is 1. The van der Waals surface area contributed by atoms with Gasteiger partial charge in [-0.25, -0.2) is 8.42 Å². The smallest absolute Gasteiger partial charge is 0.179 e. The molecule has 1 aromatic carbocycles. The Morgan fingerprint density at radius 2 is 2.07 bits per heavy atom. The van der Waals surface area contributed by atoms with E-state index in [1.165, 1.54) is 0 Å². The Labute approximate surface area is 98.2 Å². The van der Waals surface area contributed by atoms with Crippen molar-refractivity contribution in [2.75, 3.05) is 12.4 Å². The fourth-order valence-electron chi connectivity index (χ4n) is 1.24. The van der Waals surface area contributed by atoms with Crippen molar-refractivity contribution >= 4 is 25.8 Å². The third-order valence-corrected chi connectivity index (χ3v) is 4.82. The number of halogens is 1. The largest absolute Gasteiger partial charge is 0.396 e. The Morgan fingerprint density at radius 1 is 1.40 bits per heavy atom. The summed E-state index contributed by atoms with van der Waals surface area (Å²) in [6.45, 7) is 1.68. The molecular formula is C10H13BrO3S. The molecule has 0 saturated carbocycles. The highest BCUT2D eigenvalue weighted by molar-refractivity contribution is 9.10. The first-order chi connectivity index (χ1) is 7.01. The van der Waals surface area contributed by atoms with Gasteiger partial charge in [-0.1, -0.05) is 13.0 Å². The summed E-state index contributed by atoms with van der Waals surface area (Å²) in [5.74, 6) is 0.0882. The van der Waals surface area contributed by atoms with Crippen molar-refractivity contribution in [2.45, 2.75) is 18.2 Å². The first-order valence-corrected chi connectivity index (χ1v) is 7.08. The van der Waals surface area contributed by atoms with E-state index in [9.17, 15) is 8.42 Å². The standard InChI is InChI=1S/C10H13BrO3S/c1-2-15(13,14)10-4-3-8(5-6-12)7-9(10)11/h3-4,7,12H,2,5-6H2,1H3. The predicted molar refractivity (Wildman–Crippen MR) is 62.7 cm³/mol. The van der Waals surface area contributed by atoms with Gasteiger partial charge in [0.1, 0.15) is 0 Å². The van der Waals surface area contributed by atoms with Gasteiger partial charge in [0, 0.05) is 11.1 Å². The Morgan fingerprint density at radius 3 is 2.53 bits per heavy atom. The molecule has 1 aromatic rings. The lowest BCUT2D eigenvalue weighted by molar-refractivity contribution is 0.299. The zero-order chi connectivity index (χ0) is 11.5. The van der Waals surface area contributed by atoms with E-state index in [-0.39, 0.29) is 12.4 Å². The van der Waals surface area contributed by atoms with Gasteiger partial charge < -0.3 is 5.11 Å². The summed E-state index contributed by atoms with van der Waals surface area (Å²) in [5, 5.41) is 8.75. The molecule has 15 heavy (non-hydrogen) atoms. The third-order valence-electron chi connectivity index (χ3n) is 2.11. The average molecular weight is 293 g/mol. The Balaban J connectivity index is 3.14. The second-order valence-electron chi connectivity index (χ2n) is 3.14. The molecule has 0 aliphatic heterocycles. The minimum Gasteiger partial charge on any atom is -0.396 e. The molecule has 3 nitrogen and oxygen atoms in total. The lowest BCUT2D eigenvalue weighted by Crippen LogP contribution is -2.05. The minimum atomic E-state index is -3.17. The molecule has 0 amide bonds. The van der Waals surface area contributed by atoms with Crippen molar-refractivity contribution in [1.82, 2.24) is 0 Å². The molecule has 0 heterocycles. The SMILES string of the molecule is CCS(=O)(=O)c1ccc(CCO)cc1Br. The molecule has 0 unspecified atom stereocenters. The fraction of sp³-hybridized carbons (Fsp3) is 0.400. The molecule has 0 radical (unpaired) electrons. The molecular weight excluding hydrogens is 280 g/mol. The number of aliphatic hydroxyl groups is 1. The lowest BCUT2D eigenvalue weighted by atomic mass is 10.2. The van der Waals surface area contributed by atoms with Crippen molar-refractivity contribution in [1.29, 1.82) is 0 Å². The van der Waals surface area contributed by atoms with Crippen molar-refractivity contribution in [3.05, 3.63) is 28.2 Å². The van der Waals surface area contributed by atoms with E-state index in [0.717, 1.165) is 5.56 Å². The second-order valence-corrected chi connectivity index (χ2v) is 6.24. The molecule has 0 bridgehead atoms. The molecule has 0 spiro atoms. The molecule has 0 saturated heterocycles. The maximum absolute atomic E-state index is 11.6. The van der Waals surface area contributed by atoms with Gasteiger partial charge in [0.25, 0.3) is 0 Å². The van der Waals surface area contributed by atoms with Gasteiger partial charge in [-0.2, -0.15) is 0 Å². The Bertz CT molecular complexity index is 440. The number of rotatable bonds is 4. The van der Waals surface area contributed by atoms with Crippen LogP contribution < -0.4 is 0 Å². The molecule has 84 valence electrons. The monoisotopic (exact) mass is 292 g/mol. The average Bonchev–Trinajstić information content (AvgIpc) is 2.18. The third kappa shape index (κ3) is 3.03. The summed E-state index contributed by atoms with van der Waals surface area (Å²) in [6.07, 6.45) is 0.533. The van der Waals surface area contributed by atoms with Gasteiger partial charge in [0.05, 0.1) is 10.6 Å². The first-order valence-electron chi connectivity index (χ1n) is 4.63. The van der Waals surface area contributed by atoms with Crippen LogP contribution in [0.15, 0.2) is 27.6 Å². The van der Waals surface area contributed by atoms with Gasteiger partial charge in [-0.05, 0) is 40.0 Å². The highest BCUT2D eigenvalue weighted by Crippen LogP contribution is 2.24. The first kappa shape index (κ1) is 12.7. The summed E-state index contributed by atoms with van der Waals surface area (Å²) in [7, 11) is -3.17. The van der Waals surface area contributed by atoms with Crippen LogP contribution in [0.4, 0.5) is 0 Å². The van der Waals surface area contributed by atoms with Crippen LogP contribution in [0.2, 0.25) is 0 Å². The minimum absolute atomic E-state index is 0.0618. The predicted octanol–water partition coefficient (Wildman–Crippen LogP) is 1.78. The van der Waals surface area contributed by atoms with Gasteiger partial charge in [0.2, 0.25) is 0 Å². The van der Waals surface area contributed by atoms with E-state index in [4.69, 9.17) is 5.11 Å². The maximum Gasteiger partial charge on any atom is 0.179 e. The van der Waals surface area contributed by atoms with Gasteiger partial charge in [-0.15, -0.1) is 0 Å². The number of hydrogen-bond donors (Lipinski definition) is 1. The molecule has 0 aliphatic carbocycles. The van der Waals surface area contributed by atoms with Gasteiger partial charge in [-0.3, -0.25) is 0 Å². The number of aliphatic hydroxyl groups excluding tert-OH is 1. The normalized spacial score (nSPS) is 11.7. The van der Waals surface area contributed by atoms with Crippen LogP contribution in [0.25, 0.3) is 0 Å². The quantitative estimate of drug-likeness (QED) is 0.920. The summed E-state index contributed by atoms with van der Waals surface area (Å²) < 4.78 is 23.8. The molecule has 5 heteroatoms. The van der Waals surface area contributed by atoms with Gasteiger partial charge in [0.15, 0.2) is 9.84 Å². The van der Waals surface area contributed by atoms with Crippen LogP contribution in [0.3, 0.4) is 0 Å². The van der Waals surface area contributed by atoms with Crippen LogP contribution >= 0.6 is 15.9 Å². The van der Waals surface area contributed by atoms with E-state index in [0.29, 0.717) is 15.8 Å². The van der Waals surface area contributed by atoms with E-state index in [1.807, 2.05) is 0 Å². The van der Waals surface area contributed by atoms with E-state index >= 15 is 0 Å². The zero-order valence-corrected chi connectivity index (χ0v) is 10.8. The second kappa shape index (κ2) is 5.09. The van der Waals surface area contributed by atoms with Crippen molar-refractivity contribution in [2.24, 2.45) is 0 Å². The molecule has 0 fully saturated rings. The van der Waals surface area contributed by atoms with E-state index < -0.39 is 9.84 Å². The van der Waals surface area contributed by atoms with Crippen molar-refractivity contribution in [3.8, 4) is 0 Å². The zero-order valence-electron chi connectivity index (χ0n) is 8.40. The molecule has 1 N–H and O–H groups in total. The van der Waals surface area contributed by atoms with Crippen molar-refractivity contribution < 1.29 is 13.5 Å². The summed E-state index contributed by atoms with van der Waals surface area (Å²) in [5.41, 5.74) is 0.916. The van der Waals surface area contributed by atoms with Gasteiger partial charge >= 0.3 is 0 Å². The molecule has 0 atom stereocenters. The van der Waals surface area contributed by atoms with Crippen LogP contribution in [0.5, 0.6) is 0 Å². The van der Waals surface area contributed by atoms with Crippen LogP contribution in [-0.2, 0) is 16.3 Å². The topological polar surface area (TPSA) is 54.4 Å².